The highest BCUT2D eigenvalue weighted by Crippen LogP contribution is 2.28. The fraction of sp³-hybridized carbons (Fsp3) is 0.231. The molecule has 1 aromatic carbocycles. The molecule has 1 unspecified atom stereocenters. The zero-order valence-electron chi connectivity index (χ0n) is 8.20. The maximum absolute atomic E-state index is 2.37. The molecule has 0 amide bonds. The van der Waals surface area contributed by atoms with Crippen LogP contribution in [0.5, 0.6) is 0 Å². The second-order valence-electron chi connectivity index (χ2n) is 3.70. The second-order valence-corrected chi connectivity index (χ2v) is 4.95. The SMILES string of the molecule is Cc1ccc(C2C=CC(I)=CC2)cc1. The third-order valence-electron chi connectivity index (χ3n) is 2.56. The van der Waals surface area contributed by atoms with Gasteiger partial charge in [0, 0.05) is 9.50 Å². The Bertz CT molecular complexity index is 371. The van der Waals surface area contributed by atoms with Gasteiger partial charge in [-0.15, -0.1) is 0 Å². The molecular weight excluding hydrogens is 283 g/mol. The van der Waals surface area contributed by atoms with Gasteiger partial charge >= 0.3 is 0 Å². The van der Waals surface area contributed by atoms with Crippen molar-refractivity contribution in [1.29, 1.82) is 0 Å². The number of rotatable bonds is 1. The first-order valence-corrected chi connectivity index (χ1v) is 5.94. The molecule has 0 radical (unpaired) electrons. The van der Waals surface area contributed by atoms with E-state index >= 15 is 0 Å². The van der Waals surface area contributed by atoms with Crippen molar-refractivity contribution in [2.45, 2.75) is 19.3 Å². The first-order chi connectivity index (χ1) is 6.75. The molecule has 1 aliphatic rings. The smallest absolute Gasteiger partial charge is 0.00873 e. The predicted molar refractivity (Wildman–Crippen MR) is 69.8 cm³/mol. The molecule has 1 heteroatoms. The van der Waals surface area contributed by atoms with Crippen molar-refractivity contribution in [3.63, 3.8) is 0 Å². The molecule has 0 saturated heterocycles. The number of benzene rings is 1. The Morgan fingerprint density at radius 3 is 2.50 bits per heavy atom. The van der Waals surface area contributed by atoms with E-state index in [2.05, 4.69) is 72.0 Å². The van der Waals surface area contributed by atoms with Crippen LogP contribution in [0.1, 0.15) is 23.5 Å². The molecule has 1 atom stereocenters. The molecule has 0 bridgehead atoms. The van der Waals surface area contributed by atoms with Gasteiger partial charge in [-0.05, 0) is 41.5 Å². The molecular formula is C13H13I. The second kappa shape index (κ2) is 4.30. The normalized spacial score (nSPS) is 20.7. The van der Waals surface area contributed by atoms with Crippen LogP contribution in [0.25, 0.3) is 0 Å². The average Bonchev–Trinajstić information content (AvgIpc) is 2.21. The minimum atomic E-state index is 0.578. The summed E-state index contributed by atoms with van der Waals surface area (Å²) in [5.41, 5.74) is 2.76. The van der Waals surface area contributed by atoms with E-state index in [-0.39, 0.29) is 0 Å². The Morgan fingerprint density at radius 2 is 1.93 bits per heavy atom. The third-order valence-corrected chi connectivity index (χ3v) is 3.36. The maximum atomic E-state index is 2.37. The predicted octanol–water partition coefficient (Wildman–Crippen LogP) is 4.36. The monoisotopic (exact) mass is 296 g/mol. The maximum Gasteiger partial charge on any atom is 0.00873 e. The first kappa shape index (κ1) is 9.97. The molecule has 0 saturated carbocycles. The Balaban J connectivity index is 2.18. The summed E-state index contributed by atoms with van der Waals surface area (Å²) in [7, 11) is 0. The largest absolute Gasteiger partial charge is 0.0757 e. The summed E-state index contributed by atoms with van der Waals surface area (Å²) in [5, 5.41) is 0. The van der Waals surface area contributed by atoms with Crippen molar-refractivity contribution in [2.24, 2.45) is 0 Å². The van der Waals surface area contributed by atoms with Crippen LogP contribution < -0.4 is 0 Å². The quantitative estimate of drug-likeness (QED) is 0.676. The Labute approximate surface area is 98.9 Å². The molecule has 0 N–H and O–H groups in total. The highest BCUT2D eigenvalue weighted by atomic mass is 127. The molecule has 2 rings (SSSR count). The van der Waals surface area contributed by atoms with E-state index in [4.69, 9.17) is 0 Å². The Morgan fingerprint density at radius 1 is 1.21 bits per heavy atom. The summed E-state index contributed by atoms with van der Waals surface area (Å²) in [6, 6.07) is 8.84. The molecule has 1 aliphatic carbocycles. The van der Waals surface area contributed by atoms with Crippen molar-refractivity contribution < 1.29 is 0 Å². The van der Waals surface area contributed by atoms with Crippen molar-refractivity contribution in [1.82, 2.24) is 0 Å². The summed E-state index contributed by atoms with van der Waals surface area (Å²) in [5.74, 6) is 0.578. The molecule has 0 spiro atoms. The van der Waals surface area contributed by atoms with Gasteiger partial charge in [0.05, 0.1) is 0 Å². The van der Waals surface area contributed by atoms with Gasteiger partial charge in [-0.3, -0.25) is 0 Å². The number of aryl methyl sites for hydroxylation is 1. The van der Waals surface area contributed by atoms with E-state index in [9.17, 15) is 0 Å². The van der Waals surface area contributed by atoms with Crippen LogP contribution >= 0.6 is 22.6 Å². The fourth-order valence-electron chi connectivity index (χ4n) is 1.66. The zero-order valence-corrected chi connectivity index (χ0v) is 10.4. The summed E-state index contributed by atoms with van der Waals surface area (Å²) >= 11 is 2.37. The van der Waals surface area contributed by atoms with Crippen LogP contribution in [0, 0.1) is 6.92 Å². The van der Waals surface area contributed by atoms with Gasteiger partial charge in [0.2, 0.25) is 0 Å². The summed E-state index contributed by atoms with van der Waals surface area (Å²) in [4.78, 5) is 0. The van der Waals surface area contributed by atoms with E-state index < -0.39 is 0 Å². The van der Waals surface area contributed by atoms with E-state index in [1.165, 1.54) is 14.7 Å². The van der Waals surface area contributed by atoms with Gasteiger partial charge in [0.25, 0.3) is 0 Å². The van der Waals surface area contributed by atoms with Gasteiger partial charge in [-0.2, -0.15) is 0 Å². The molecule has 0 heterocycles. The fourth-order valence-corrected chi connectivity index (χ4v) is 2.12. The topological polar surface area (TPSA) is 0 Å². The Kier molecular flexibility index (Phi) is 3.06. The summed E-state index contributed by atoms with van der Waals surface area (Å²) in [6.07, 6.45) is 7.93. The number of hydrogen-bond acceptors (Lipinski definition) is 0. The number of allylic oxidation sites excluding steroid dienone is 4. The summed E-state index contributed by atoms with van der Waals surface area (Å²) in [6.45, 7) is 2.13. The average molecular weight is 296 g/mol. The molecule has 0 aromatic heterocycles. The zero-order chi connectivity index (χ0) is 9.97. The molecule has 0 nitrogen and oxygen atoms in total. The molecule has 1 aromatic rings. The minimum Gasteiger partial charge on any atom is -0.0757 e. The van der Waals surface area contributed by atoms with Gasteiger partial charge in [0.1, 0.15) is 0 Å². The molecule has 0 fully saturated rings. The van der Waals surface area contributed by atoms with E-state index in [1.807, 2.05) is 0 Å². The molecule has 14 heavy (non-hydrogen) atoms. The highest BCUT2D eigenvalue weighted by Gasteiger charge is 2.09. The standard InChI is InChI=1S/C13H13I/c1-10-2-4-11(5-3-10)12-6-8-13(14)9-7-12/h2-6,8-9,12H,7H2,1H3. The van der Waals surface area contributed by atoms with E-state index in [0.717, 1.165) is 6.42 Å². The van der Waals surface area contributed by atoms with E-state index in [1.54, 1.807) is 0 Å². The lowest BCUT2D eigenvalue weighted by molar-refractivity contribution is 0.852. The van der Waals surface area contributed by atoms with Gasteiger partial charge in [0.15, 0.2) is 0 Å². The van der Waals surface area contributed by atoms with E-state index in [0.29, 0.717) is 5.92 Å². The van der Waals surface area contributed by atoms with Crippen molar-refractivity contribution >= 4 is 22.6 Å². The van der Waals surface area contributed by atoms with Crippen molar-refractivity contribution in [2.75, 3.05) is 0 Å². The molecule has 72 valence electrons. The minimum absolute atomic E-state index is 0.578. The van der Waals surface area contributed by atoms with Gasteiger partial charge < -0.3 is 0 Å². The van der Waals surface area contributed by atoms with Crippen LogP contribution in [0.4, 0.5) is 0 Å². The summed E-state index contributed by atoms with van der Waals surface area (Å²) < 4.78 is 1.35. The van der Waals surface area contributed by atoms with Crippen LogP contribution in [0.15, 0.2) is 46.1 Å². The van der Waals surface area contributed by atoms with Gasteiger partial charge in [-0.1, -0.05) is 48.1 Å². The van der Waals surface area contributed by atoms with Crippen LogP contribution in [-0.4, -0.2) is 0 Å². The van der Waals surface area contributed by atoms with Crippen LogP contribution in [-0.2, 0) is 0 Å². The number of halogens is 1. The lowest BCUT2D eigenvalue weighted by atomic mass is 9.92. The van der Waals surface area contributed by atoms with Crippen LogP contribution in [0.2, 0.25) is 0 Å². The Hall–Kier alpha value is -0.570. The van der Waals surface area contributed by atoms with Crippen molar-refractivity contribution in [3.8, 4) is 0 Å². The lowest BCUT2D eigenvalue weighted by Crippen LogP contribution is -1.96. The van der Waals surface area contributed by atoms with Crippen molar-refractivity contribution in [3.05, 3.63) is 57.2 Å². The third kappa shape index (κ3) is 2.27. The highest BCUT2D eigenvalue weighted by molar-refractivity contribution is 14.1. The van der Waals surface area contributed by atoms with Gasteiger partial charge in [-0.25, -0.2) is 0 Å². The molecule has 0 aliphatic heterocycles. The number of hydrogen-bond donors (Lipinski definition) is 0. The van der Waals surface area contributed by atoms with Crippen LogP contribution in [0.3, 0.4) is 0 Å². The first-order valence-electron chi connectivity index (χ1n) is 4.86. The lowest BCUT2D eigenvalue weighted by Gasteiger charge is -2.14.